The molecule has 0 aliphatic carbocycles. The van der Waals surface area contributed by atoms with Crippen molar-refractivity contribution < 1.29 is 23.6 Å². The molecular weight excluding hydrogens is 711 g/mol. The molecule has 49 heavy (non-hydrogen) atoms. The quantitative estimate of drug-likeness (QED) is 0.160. The highest BCUT2D eigenvalue weighted by atomic mass is 79.9. The van der Waals surface area contributed by atoms with E-state index >= 15 is 0 Å². The number of carbonyl (C=O) groups is 1. The van der Waals surface area contributed by atoms with E-state index in [4.69, 9.17) is 19.2 Å². The molecule has 2 aliphatic rings. The van der Waals surface area contributed by atoms with Crippen LogP contribution in [0.2, 0.25) is 0 Å². The second kappa shape index (κ2) is 14.9. The number of allylic oxidation sites excluding steroid dienone is 2. The summed E-state index contributed by atoms with van der Waals surface area (Å²) in [6.45, 7) is 5.46. The Morgan fingerprint density at radius 3 is 2.59 bits per heavy atom. The number of benzene rings is 2. The molecule has 4 heterocycles. The van der Waals surface area contributed by atoms with Crippen LogP contribution < -0.4 is 25.6 Å². The molecule has 2 aliphatic heterocycles. The van der Waals surface area contributed by atoms with Gasteiger partial charge in [-0.25, -0.2) is 9.78 Å². The minimum absolute atomic E-state index is 0.0442. The Labute approximate surface area is 293 Å². The summed E-state index contributed by atoms with van der Waals surface area (Å²) < 4.78 is 30.6. The number of carbonyl (C=O) groups excluding carboxylic acids is 1. The molecule has 2 aromatic heterocycles. The van der Waals surface area contributed by atoms with Crippen molar-refractivity contribution in [3.8, 4) is 5.75 Å². The maximum absolute atomic E-state index is 13.5. The molecule has 0 bridgehead atoms. The van der Waals surface area contributed by atoms with Crippen LogP contribution in [0.1, 0.15) is 18.4 Å². The standard InChI is InChI=1S/C34H38BrN8O5P/c1-46-18-11-22-19-27(29(47-2)20-28(22)42-15-9-23(10-16-42)43-14-5-6-17-48-34(43)44)40-33-38-21-24(35)32(41-33)39-26-8-7-25-30(37-13-12-36-25)31(26)49(3,4)45/h5-8,12-14,17,19-21,23H,9-11,15-16,18H2,1-4H3,(H2,38,39,40,41). The third-order valence-corrected chi connectivity index (χ3v) is 10.5. The number of fused-ring (bicyclic) bond motifs is 1. The lowest BCUT2D eigenvalue weighted by molar-refractivity contribution is 0.134. The van der Waals surface area contributed by atoms with Crippen LogP contribution in [0.3, 0.4) is 0 Å². The lowest BCUT2D eigenvalue weighted by Gasteiger charge is -2.38. The number of anilines is 5. The van der Waals surface area contributed by atoms with Crippen LogP contribution in [0, 0.1) is 0 Å². The van der Waals surface area contributed by atoms with Gasteiger partial charge in [0.15, 0.2) is 0 Å². The highest BCUT2D eigenvalue weighted by molar-refractivity contribution is 9.10. The molecule has 0 radical (unpaired) electrons. The first-order valence-electron chi connectivity index (χ1n) is 15.8. The maximum atomic E-state index is 13.5. The molecule has 13 nitrogen and oxygen atoms in total. The molecule has 256 valence electrons. The van der Waals surface area contributed by atoms with E-state index < -0.39 is 7.14 Å². The lowest BCUT2D eigenvalue weighted by Crippen LogP contribution is -2.45. The molecule has 0 unspecified atom stereocenters. The van der Waals surface area contributed by atoms with E-state index in [-0.39, 0.29) is 12.1 Å². The summed E-state index contributed by atoms with van der Waals surface area (Å²) in [4.78, 5) is 34.6. The minimum Gasteiger partial charge on any atom is -0.494 e. The van der Waals surface area contributed by atoms with E-state index in [1.807, 2.05) is 30.3 Å². The summed E-state index contributed by atoms with van der Waals surface area (Å²) in [5.74, 6) is 1.44. The Balaban J connectivity index is 1.26. The first-order valence-corrected chi connectivity index (χ1v) is 19.2. The minimum atomic E-state index is -2.78. The molecule has 1 fully saturated rings. The molecular formula is C34H38BrN8O5P. The van der Waals surface area contributed by atoms with Gasteiger partial charge in [-0.05, 0) is 84.4 Å². The summed E-state index contributed by atoms with van der Waals surface area (Å²) in [6, 6.07) is 7.79. The van der Waals surface area contributed by atoms with Crippen molar-refractivity contribution in [2.45, 2.75) is 25.3 Å². The third-order valence-electron chi connectivity index (χ3n) is 8.39. The number of halogens is 1. The molecule has 0 atom stereocenters. The Morgan fingerprint density at radius 2 is 1.84 bits per heavy atom. The van der Waals surface area contributed by atoms with Gasteiger partial charge in [0.05, 0.1) is 46.6 Å². The number of hydrogen-bond donors (Lipinski definition) is 2. The molecule has 0 saturated carbocycles. The summed E-state index contributed by atoms with van der Waals surface area (Å²) in [7, 11) is 0.538. The van der Waals surface area contributed by atoms with E-state index in [1.54, 1.807) is 63.3 Å². The zero-order valence-electron chi connectivity index (χ0n) is 27.7. The predicted molar refractivity (Wildman–Crippen MR) is 195 cm³/mol. The summed E-state index contributed by atoms with van der Waals surface area (Å²) in [6.07, 6.45) is 13.5. The SMILES string of the molecule is COCCc1cc(Nc2ncc(Br)c(Nc3ccc4nccnc4c3P(C)(C)=O)n2)c(OC)cc1N1CCC(N2C=CC=COC2=O)CC1. The number of piperidine rings is 1. The smallest absolute Gasteiger partial charge is 0.418 e. The number of rotatable bonds is 11. The summed E-state index contributed by atoms with van der Waals surface area (Å²) in [5, 5.41) is 7.29. The van der Waals surface area contributed by atoms with Gasteiger partial charge in [0.1, 0.15) is 24.2 Å². The van der Waals surface area contributed by atoms with E-state index in [1.165, 1.54) is 6.26 Å². The fourth-order valence-electron chi connectivity index (χ4n) is 6.08. The van der Waals surface area contributed by atoms with Crippen LogP contribution in [0.15, 0.2) is 71.9 Å². The van der Waals surface area contributed by atoms with Gasteiger partial charge in [-0.15, -0.1) is 0 Å². The Kier molecular flexibility index (Phi) is 10.5. The van der Waals surface area contributed by atoms with Crippen molar-refractivity contribution in [3.05, 3.63) is 77.5 Å². The molecule has 2 aromatic carbocycles. The monoisotopic (exact) mass is 748 g/mol. The fourth-order valence-corrected chi connectivity index (χ4v) is 7.76. The number of cyclic esters (lactones) is 1. The number of ether oxygens (including phenoxy) is 3. The van der Waals surface area contributed by atoms with Gasteiger partial charge in [-0.1, -0.05) is 0 Å². The second-order valence-electron chi connectivity index (χ2n) is 12.0. The summed E-state index contributed by atoms with van der Waals surface area (Å²) in [5.41, 5.74) is 4.68. The first-order chi connectivity index (χ1) is 23.7. The lowest BCUT2D eigenvalue weighted by atomic mass is 10.00. The average molecular weight is 750 g/mol. The van der Waals surface area contributed by atoms with E-state index in [0.717, 1.165) is 37.2 Å². The van der Waals surface area contributed by atoms with Crippen molar-refractivity contribution in [1.29, 1.82) is 0 Å². The van der Waals surface area contributed by atoms with Gasteiger partial charge >= 0.3 is 6.09 Å². The van der Waals surface area contributed by atoms with Crippen molar-refractivity contribution in [2.75, 3.05) is 62.8 Å². The molecule has 4 aromatic rings. The van der Waals surface area contributed by atoms with Crippen LogP contribution in [-0.4, -0.2) is 84.2 Å². The maximum Gasteiger partial charge on any atom is 0.418 e. The van der Waals surface area contributed by atoms with Gasteiger partial charge in [0.25, 0.3) is 0 Å². The predicted octanol–water partition coefficient (Wildman–Crippen LogP) is 6.56. The number of nitrogens with zero attached hydrogens (tertiary/aromatic N) is 6. The highest BCUT2D eigenvalue weighted by Gasteiger charge is 2.29. The van der Waals surface area contributed by atoms with Gasteiger partial charge in [-0.3, -0.25) is 14.9 Å². The normalized spacial score (nSPS) is 15.3. The number of methoxy groups -OCH3 is 2. The Morgan fingerprint density at radius 1 is 1.04 bits per heavy atom. The largest absolute Gasteiger partial charge is 0.494 e. The van der Waals surface area contributed by atoms with Crippen LogP contribution in [-0.2, 0) is 20.5 Å². The molecule has 1 saturated heterocycles. The average Bonchev–Trinajstić information content (AvgIpc) is 3.32. The zero-order valence-corrected chi connectivity index (χ0v) is 30.2. The number of amides is 1. The third kappa shape index (κ3) is 7.71. The molecule has 15 heteroatoms. The van der Waals surface area contributed by atoms with Gasteiger partial charge in [0.2, 0.25) is 5.95 Å². The van der Waals surface area contributed by atoms with E-state index in [0.29, 0.717) is 62.7 Å². The van der Waals surface area contributed by atoms with Crippen molar-refractivity contribution in [2.24, 2.45) is 0 Å². The fraction of sp³-hybridized carbons (Fsp3) is 0.324. The Bertz CT molecular complexity index is 1960. The topological polar surface area (TPSA) is 144 Å². The first kappa shape index (κ1) is 34.3. The van der Waals surface area contributed by atoms with Crippen molar-refractivity contribution >= 4 is 74.3 Å². The van der Waals surface area contributed by atoms with E-state index in [9.17, 15) is 9.36 Å². The van der Waals surface area contributed by atoms with E-state index in [2.05, 4.69) is 46.4 Å². The number of aromatic nitrogens is 4. The Hall–Kier alpha value is -4.52. The molecule has 0 spiro atoms. The van der Waals surface area contributed by atoms with Crippen LogP contribution in [0.4, 0.5) is 33.6 Å². The number of nitrogens with one attached hydrogen (secondary N) is 2. The zero-order chi connectivity index (χ0) is 34.5. The van der Waals surface area contributed by atoms with Crippen molar-refractivity contribution in [3.63, 3.8) is 0 Å². The molecule has 1 amide bonds. The second-order valence-corrected chi connectivity index (χ2v) is 16.0. The van der Waals surface area contributed by atoms with Gasteiger partial charge < -0.3 is 34.3 Å². The molecule has 6 rings (SSSR count). The van der Waals surface area contributed by atoms with Crippen molar-refractivity contribution in [1.82, 2.24) is 24.8 Å². The summed E-state index contributed by atoms with van der Waals surface area (Å²) >= 11 is 3.56. The van der Waals surface area contributed by atoms with Crippen LogP contribution in [0.25, 0.3) is 11.0 Å². The number of hydrogen-bond acceptors (Lipinski definition) is 12. The van der Waals surface area contributed by atoms with Gasteiger partial charge in [0, 0.05) is 62.8 Å². The van der Waals surface area contributed by atoms with Crippen LogP contribution in [0.5, 0.6) is 5.75 Å². The molecule has 2 N–H and O–H groups in total. The van der Waals surface area contributed by atoms with Gasteiger partial charge in [-0.2, -0.15) is 4.98 Å². The van der Waals surface area contributed by atoms with Crippen LogP contribution >= 0.6 is 23.1 Å². The highest BCUT2D eigenvalue weighted by Crippen LogP contribution is 2.42.